The highest BCUT2D eigenvalue weighted by molar-refractivity contribution is 7.92. The topological polar surface area (TPSA) is 103 Å². The summed E-state index contributed by atoms with van der Waals surface area (Å²) in [6, 6.07) is 9.79. The van der Waals surface area contributed by atoms with Crippen LogP contribution in [0.25, 0.3) is 11.0 Å². The van der Waals surface area contributed by atoms with E-state index in [1.807, 2.05) is 13.8 Å². The summed E-state index contributed by atoms with van der Waals surface area (Å²) in [5.74, 6) is 1.68. The van der Waals surface area contributed by atoms with Gasteiger partial charge >= 0.3 is 0 Å². The van der Waals surface area contributed by atoms with E-state index in [-0.39, 0.29) is 11.0 Å². The molecule has 9 heteroatoms. The number of fused-ring (bicyclic) bond motifs is 1. The first-order chi connectivity index (χ1) is 14.5. The van der Waals surface area contributed by atoms with Crippen LogP contribution in [-0.4, -0.2) is 38.2 Å². The van der Waals surface area contributed by atoms with Gasteiger partial charge in [0.05, 0.1) is 34.8 Å². The first-order valence-electron chi connectivity index (χ1n) is 10.0. The average molecular weight is 432 g/mol. The van der Waals surface area contributed by atoms with Gasteiger partial charge in [-0.2, -0.15) is 0 Å². The molecule has 0 spiro atoms. The van der Waals surface area contributed by atoms with Gasteiger partial charge in [-0.25, -0.2) is 13.4 Å². The highest BCUT2D eigenvalue weighted by Crippen LogP contribution is 2.32. The van der Waals surface area contributed by atoms with Crippen molar-refractivity contribution in [3.8, 4) is 11.5 Å². The van der Waals surface area contributed by atoms with Crippen LogP contribution in [0.2, 0.25) is 0 Å². The Bertz CT molecular complexity index is 1140. The number of rotatable bonds is 8. The third-order valence-corrected chi connectivity index (χ3v) is 6.19. The molecule has 2 heterocycles. The van der Waals surface area contributed by atoms with E-state index in [4.69, 9.17) is 14.2 Å². The highest BCUT2D eigenvalue weighted by Gasteiger charge is 2.22. The Morgan fingerprint density at radius 3 is 2.67 bits per heavy atom. The lowest BCUT2D eigenvalue weighted by atomic mass is 10.2. The predicted molar refractivity (Wildman–Crippen MR) is 114 cm³/mol. The minimum Gasteiger partial charge on any atom is -0.490 e. The summed E-state index contributed by atoms with van der Waals surface area (Å²) in [7, 11) is -3.81. The molecule has 160 valence electrons. The SMILES string of the molecule is CCOc1ccc(S(=O)(=O)Nc2ccc3nc(C4CCCO4)[nH]c3c2)cc1OCC. The van der Waals surface area contributed by atoms with Crippen molar-refractivity contribution in [1.82, 2.24) is 9.97 Å². The molecule has 30 heavy (non-hydrogen) atoms. The van der Waals surface area contributed by atoms with Crippen molar-refractivity contribution in [2.24, 2.45) is 0 Å². The van der Waals surface area contributed by atoms with Gasteiger partial charge in [-0.3, -0.25) is 4.72 Å². The number of imidazole rings is 1. The molecule has 3 aromatic rings. The number of benzene rings is 2. The molecule has 4 rings (SSSR count). The van der Waals surface area contributed by atoms with Gasteiger partial charge < -0.3 is 19.2 Å². The van der Waals surface area contributed by atoms with Gasteiger partial charge in [-0.05, 0) is 57.0 Å². The zero-order valence-electron chi connectivity index (χ0n) is 17.0. The summed E-state index contributed by atoms with van der Waals surface area (Å²) in [6.07, 6.45) is 1.91. The van der Waals surface area contributed by atoms with E-state index in [9.17, 15) is 8.42 Å². The number of H-pyrrole nitrogens is 1. The first kappa shape index (κ1) is 20.5. The second kappa shape index (κ2) is 8.53. The fourth-order valence-electron chi connectivity index (χ4n) is 3.45. The van der Waals surface area contributed by atoms with Crippen LogP contribution in [0.4, 0.5) is 5.69 Å². The fourth-order valence-corrected chi connectivity index (χ4v) is 4.52. The molecule has 8 nitrogen and oxygen atoms in total. The Morgan fingerprint density at radius 1 is 1.13 bits per heavy atom. The molecule has 2 aromatic carbocycles. The van der Waals surface area contributed by atoms with Crippen LogP contribution in [0.5, 0.6) is 11.5 Å². The maximum atomic E-state index is 12.9. The summed E-state index contributed by atoms with van der Waals surface area (Å²) >= 11 is 0. The maximum absolute atomic E-state index is 12.9. The van der Waals surface area contributed by atoms with E-state index in [0.717, 1.165) is 36.3 Å². The molecular formula is C21H25N3O5S. The molecule has 1 aliphatic rings. The van der Waals surface area contributed by atoms with Crippen molar-refractivity contribution in [2.45, 2.75) is 37.7 Å². The van der Waals surface area contributed by atoms with Gasteiger partial charge in [0.2, 0.25) is 0 Å². The molecule has 0 radical (unpaired) electrons. The molecular weight excluding hydrogens is 406 g/mol. The summed E-state index contributed by atoms with van der Waals surface area (Å²) in [6.45, 7) is 5.29. The summed E-state index contributed by atoms with van der Waals surface area (Å²) in [4.78, 5) is 7.90. The largest absolute Gasteiger partial charge is 0.490 e. The average Bonchev–Trinajstić information content (AvgIpc) is 3.38. The van der Waals surface area contributed by atoms with Gasteiger partial charge in [0.15, 0.2) is 11.5 Å². The lowest BCUT2D eigenvalue weighted by Gasteiger charge is -2.13. The monoisotopic (exact) mass is 431 g/mol. The van der Waals surface area contributed by atoms with Crippen LogP contribution >= 0.6 is 0 Å². The van der Waals surface area contributed by atoms with E-state index in [1.54, 1.807) is 24.3 Å². The number of hydrogen-bond donors (Lipinski definition) is 2. The molecule has 0 aliphatic carbocycles. The molecule has 2 N–H and O–H groups in total. The molecule has 1 fully saturated rings. The molecule has 0 amide bonds. The van der Waals surface area contributed by atoms with Crippen molar-refractivity contribution in [3.05, 3.63) is 42.2 Å². The van der Waals surface area contributed by atoms with Crippen molar-refractivity contribution in [2.75, 3.05) is 24.5 Å². The van der Waals surface area contributed by atoms with E-state index < -0.39 is 10.0 Å². The number of anilines is 1. The van der Waals surface area contributed by atoms with Crippen LogP contribution in [0, 0.1) is 0 Å². The minimum absolute atomic E-state index is 0.0293. The maximum Gasteiger partial charge on any atom is 0.262 e. The number of sulfonamides is 1. The number of nitrogens with zero attached hydrogens (tertiary/aromatic N) is 1. The van der Waals surface area contributed by atoms with Crippen molar-refractivity contribution in [3.63, 3.8) is 0 Å². The van der Waals surface area contributed by atoms with Crippen molar-refractivity contribution in [1.29, 1.82) is 0 Å². The van der Waals surface area contributed by atoms with Gasteiger partial charge in [-0.15, -0.1) is 0 Å². The Labute approximate surface area is 175 Å². The number of aromatic amines is 1. The molecule has 1 aliphatic heterocycles. The molecule has 1 atom stereocenters. The number of aromatic nitrogens is 2. The van der Waals surface area contributed by atoms with Crippen LogP contribution in [-0.2, 0) is 14.8 Å². The van der Waals surface area contributed by atoms with Crippen LogP contribution in [0.3, 0.4) is 0 Å². The lowest BCUT2D eigenvalue weighted by Crippen LogP contribution is -2.13. The van der Waals surface area contributed by atoms with E-state index in [0.29, 0.717) is 30.4 Å². The van der Waals surface area contributed by atoms with Crippen molar-refractivity contribution < 1.29 is 22.6 Å². The number of nitrogens with one attached hydrogen (secondary N) is 2. The van der Waals surface area contributed by atoms with E-state index in [1.165, 1.54) is 12.1 Å². The second-order valence-corrected chi connectivity index (χ2v) is 8.62. The summed E-state index contributed by atoms with van der Waals surface area (Å²) in [5, 5.41) is 0. The molecule has 1 saturated heterocycles. The Hall–Kier alpha value is -2.78. The molecule has 0 saturated carbocycles. The van der Waals surface area contributed by atoms with Crippen LogP contribution in [0.1, 0.15) is 38.6 Å². The Kier molecular flexibility index (Phi) is 5.83. The van der Waals surface area contributed by atoms with Crippen LogP contribution in [0.15, 0.2) is 41.3 Å². The van der Waals surface area contributed by atoms with Gasteiger partial charge in [0, 0.05) is 12.7 Å². The van der Waals surface area contributed by atoms with E-state index in [2.05, 4.69) is 14.7 Å². The quantitative estimate of drug-likeness (QED) is 0.559. The van der Waals surface area contributed by atoms with Gasteiger partial charge in [0.1, 0.15) is 11.9 Å². The number of ether oxygens (including phenoxy) is 3. The molecule has 0 bridgehead atoms. The summed E-state index contributed by atoms with van der Waals surface area (Å²) in [5.41, 5.74) is 1.96. The highest BCUT2D eigenvalue weighted by atomic mass is 32.2. The molecule has 1 unspecified atom stereocenters. The Morgan fingerprint density at radius 2 is 1.93 bits per heavy atom. The zero-order valence-corrected chi connectivity index (χ0v) is 17.8. The number of hydrogen-bond acceptors (Lipinski definition) is 6. The lowest BCUT2D eigenvalue weighted by molar-refractivity contribution is 0.106. The molecule has 1 aromatic heterocycles. The summed E-state index contributed by atoms with van der Waals surface area (Å²) < 4.78 is 45.2. The minimum atomic E-state index is -3.81. The smallest absolute Gasteiger partial charge is 0.262 e. The second-order valence-electron chi connectivity index (χ2n) is 6.94. The third kappa shape index (κ3) is 4.22. The zero-order chi connectivity index (χ0) is 21.1. The third-order valence-electron chi connectivity index (χ3n) is 4.81. The predicted octanol–water partition coefficient (Wildman–Crippen LogP) is 4.01. The normalized spacial score (nSPS) is 16.7. The first-order valence-corrected chi connectivity index (χ1v) is 11.5. The van der Waals surface area contributed by atoms with Crippen molar-refractivity contribution >= 4 is 26.7 Å². The van der Waals surface area contributed by atoms with Gasteiger partial charge in [-0.1, -0.05) is 0 Å². The standard InChI is InChI=1S/C21H25N3O5S/c1-3-27-18-10-8-15(13-20(18)28-4-2)30(25,26)24-14-7-9-16-17(12-14)23-21(22-16)19-6-5-11-29-19/h7-10,12-13,19,24H,3-6,11H2,1-2H3,(H,22,23). The fraction of sp³-hybridized carbons (Fsp3) is 0.381. The van der Waals surface area contributed by atoms with Gasteiger partial charge in [0.25, 0.3) is 10.0 Å². The van der Waals surface area contributed by atoms with E-state index >= 15 is 0 Å². The Balaban J connectivity index is 1.59. The van der Waals surface area contributed by atoms with Crippen LogP contribution < -0.4 is 14.2 Å².